The lowest BCUT2D eigenvalue weighted by Gasteiger charge is -2.22. The van der Waals surface area contributed by atoms with Crippen molar-refractivity contribution in [2.45, 2.75) is 25.4 Å². The Kier molecular flexibility index (Phi) is 6.03. The number of benzene rings is 1. The van der Waals surface area contributed by atoms with E-state index >= 15 is 0 Å². The second kappa shape index (κ2) is 8.01. The third kappa shape index (κ3) is 4.45. The van der Waals surface area contributed by atoms with Crippen LogP contribution < -0.4 is 4.74 Å². The van der Waals surface area contributed by atoms with Gasteiger partial charge in [-0.1, -0.05) is 24.3 Å². The summed E-state index contributed by atoms with van der Waals surface area (Å²) in [5.74, 6) is 0.933. The van der Waals surface area contributed by atoms with Crippen molar-refractivity contribution in [3.05, 3.63) is 54.6 Å². The van der Waals surface area contributed by atoms with Crippen LogP contribution in [-0.4, -0.2) is 42.4 Å². The fraction of sp³-hybridized carbons (Fsp3) is 0.444. The number of ether oxygens (including phenoxy) is 1. The fourth-order valence-corrected chi connectivity index (χ4v) is 2.85. The van der Waals surface area contributed by atoms with E-state index in [0.717, 1.165) is 31.7 Å². The third-order valence-electron chi connectivity index (χ3n) is 3.78. The first-order valence-electron chi connectivity index (χ1n) is 7.60. The van der Waals surface area contributed by atoms with E-state index in [4.69, 9.17) is 4.74 Å². The number of hydrogen-bond acceptors (Lipinski definition) is 3. The Morgan fingerprint density at radius 2 is 2.00 bits per heavy atom. The lowest BCUT2D eigenvalue weighted by molar-refractivity contribution is 0.0751. The molecule has 2 rings (SSSR count). The molecule has 0 bridgehead atoms. The Balaban J connectivity index is 1.86. The van der Waals surface area contributed by atoms with E-state index in [1.165, 1.54) is 17.5 Å². The summed E-state index contributed by atoms with van der Waals surface area (Å²) in [6, 6.07) is 6.21. The van der Waals surface area contributed by atoms with E-state index in [-0.39, 0.29) is 0 Å². The highest BCUT2D eigenvalue weighted by molar-refractivity contribution is 5.43. The predicted octanol–water partition coefficient (Wildman–Crippen LogP) is 2.59. The summed E-state index contributed by atoms with van der Waals surface area (Å²) in [6.45, 7) is 9.83. The molecule has 1 aromatic carbocycles. The smallest absolute Gasteiger partial charge is 0.122 e. The van der Waals surface area contributed by atoms with Gasteiger partial charge in [-0.3, -0.25) is 4.90 Å². The van der Waals surface area contributed by atoms with E-state index in [9.17, 15) is 5.11 Å². The molecule has 0 saturated heterocycles. The van der Waals surface area contributed by atoms with E-state index in [2.05, 4.69) is 24.1 Å². The molecule has 0 radical (unpaired) electrons. The molecule has 21 heavy (non-hydrogen) atoms. The highest BCUT2D eigenvalue weighted by Crippen LogP contribution is 2.30. The van der Waals surface area contributed by atoms with E-state index in [0.29, 0.717) is 13.2 Å². The third-order valence-corrected chi connectivity index (χ3v) is 3.78. The summed E-state index contributed by atoms with van der Waals surface area (Å²) < 4.78 is 5.84. The van der Waals surface area contributed by atoms with Crippen LogP contribution in [-0.2, 0) is 12.8 Å². The first-order valence-corrected chi connectivity index (χ1v) is 7.60. The minimum absolute atomic E-state index is 0.321. The molecule has 0 aromatic heterocycles. The minimum Gasteiger partial charge on any atom is -0.491 e. The molecule has 1 N–H and O–H groups in total. The van der Waals surface area contributed by atoms with Gasteiger partial charge in [0.25, 0.3) is 0 Å². The number of rotatable bonds is 9. The highest BCUT2D eigenvalue weighted by atomic mass is 16.5. The van der Waals surface area contributed by atoms with Gasteiger partial charge in [0.2, 0.25) is 0 Å². The van der Waals surface area contributed by atoms with Gasteiger partial charge in [-0.2, -0.15) is 0 Å². The minimum atomic E-state index is -0.512. The molecular weight excluding hydrogens is 262 g/mol. The molecule has 3 nitrogen and oxygen atoms in total. The van der Waals surface area contributed by atoms with Gasteiger partial charge in [0.1, 0.15) is 18.5 Å². The lowest BCUT2D eigenvalue weighted by Crippen LogP contribution is -2.36. The van der Waals surface area contributed by atoms with Crippen LogP contribution in [0.1, 0.15) is 17.5 Å². The number of nitrogens with zero attached hydrogens (tertiary/aromatic N) is 1. The Morgan fingerprint density at radius 1 is 1.24 bits per heavy atom. The zero-order valence-corrected chi connectivity index (χ0v) is 12.6. The molecule has 1 aromatic rings. The number of aryl methyl sites for hydroxylation is 1. The van der Waals surface area contributed by atoms with Gasteiger partial charge < -0.3 is 9.84 Å². The van der Waals surface area contributed by atoms with Crippen molar-refractivity contribution in [1.29, 1.82) is 0 Å². The van der Waals surface area contributed by atoms with Gasteiger partial charge in [-0.25, -0.2) is 0 Å². The van der Waals surface area contributed by atoms with Crippen molar-refractivity contribution in [2.24, 2.45) is 0 Å². The SMILES string of the molecule is C=CCN(CC=C)C[C@@H](O)COc1cccc2c1CCC2. The Hall–Kier alpha value is -1.58. The highest BCUT2D eigenvalue weighted by Gasteiger charge is 2.16. The van der Waals surface area contributed by atoms with E-state index in [1.807, 2.05) is 24.3 Å². The maximum Gasteiger partial charge on any atom is 0.122 e. The molecule has 0 amide bonds. The molecule has 0 saturated carbocycles. The van der Waals surface area contributed by atoms with Crippen LogP contribution in [0.15, 0.2) is 43.5 Å². The van der Waals surface area contributed by atoms with Crippen molar-refractivity contribution in [1.82, 2.24) is 4.90 Å². The quantitative estimate of drug-likeness (QED) is 0.709. The van der Waals surface area contributed by atoms with Crippen molar-refractivity contribution < 1.29 is 9.84 Å². The molecule has 1 aliphatic rings. The first-order chi connectivity index (χ1) is 10.2. The number of aliphatic hydroxyl groups excluding tert-OH is 1. The van der Waals surface area contributed by atoms with Crippen LogP contribution >= 0.6 is 0 Å². The number of hydrogen-bond donors (Lipinski definition) is 1. The number of fused-ring (bicyclic) bond motifs is 1. The van der Waals surface area contributed by atoms with Crippen LogP contribution in [0.2, 0.25) is 0 Å². The average molecular weight is 287 g/mol. The summed E-state index contributed by atoms with van der Waals surface area (Å²) in [4.78, 5) is 2.09. The molecular formula is C18H25NO2. The standard InChI is InChI=1S/C18H25NO2/c1-3-11-19(12-4-2)13-16(20)14-21-18-10-6-8-15-7-5-9-17(15)18/h3-4,6,8,10,16,20H,1-2,5,7,9,11-14H2/t16-/m1/s1. The van der Waals surface area contributed by atoms with Crippen LogP contribution in [0.25, 0.3) is 0 Å². The molecule has 0 heterocycles. The fourth-order valence-electron chi connectivity index (χ4n) is 2.85. The van der Waals surface area contributed by atoms with Gasteiger partial charge in [0.15, 0.2) is 0 Å². The van der Waals surface area contributed by atoms with Crippen LogP contribution in [0.5, 0.6) is 5.75 Å². The Morgan fingerprint density at radius 3 is 2.71 bits per heavy atom. The summed E-state index contributed by atoms with van der Waals surface area (Å²) in [6.07, 6.45) is 6.58. The molecule has 3 heteroatoms. The first kappa shape index (κ1) is 15.8. The maximum atomic E-state index is 10.1. The van der Waals surface area contributed by atoms with Gasteiger partial charge in [0.05, 0.1) is 0 Å². The van der Waals surface area contributed by atoms with Crippen LogP contribution in [0.3, 0.4) is 0 Å². The van der Waals surface area contributed by atoms with Crippen molar-refractivity contribution in [3.8, 4) is 5.75 Å². The Labute approximate surface area is 127 Å². The van der Waals surface area contributed by atoms with Crippen molar-refractivity contribution in [3.63, 3.8) is 0 Å². The maximum absolute atomic E-state index is 10.1. The molecule has 0 fully saturated rings. The predicted molar refractivity (Wildman–Crippen MR) is 86.8 cm³/mol. The molecule has 1 atom stereocenters. The lowest BCUT2D eigenvalue weighted by atomic mass is 10.1. The summed E-state index contributed by atoms with van der Waals surface area (Å²) in [5, 5.41) is 10.1. The topological polar surface area (TPSA) is 32.7 Å². The number of aliphatic hydroxyl groups is 1. The Bertz CT molecular complexity index is 474. The summed E-state index contributed by atoms with van der Waals surface area (Å²) in [7, 11) is 0. The monoisotopic (exact) mass is 287 g/mol. The second-order valence-electron chi connectivity index (χ2n) is 5.51. The van der Waals surface area contributed by atoms with Crippen molar-refractivity contribution >= 4 is 0 Å². The molecule has 0 unspecified atom stereocenters. The molecule has 0 aliphatic heterocycles. The second-order valence-corrected chi connectivity index (χ2v) is 5.51. The molecule has 114 valence electrons. The van der Waals surface area contributed by atoms with Crippen LogP contribution in [0, 0.1) is 0 Å². The summed E-state index contributed by atoms with van der Waals surface area (Å²) in [5.41, 5.74) is 2.71. The normalized spacial score (nSPS) is 14.8. The molecule has 0 spiro atoms. The van der Waals surface area contributed by atoms with Gasteiger partial charge in [0, 0.05) is 19.6 Å². The zero-order chi connectivity index (χ0) is 15.1. The molecule has 1 aliphatic carbocycles. The van der Waals surface area contributed by atoms with Gasteiger partial charge in [-0.05, 0) is 36.5 Å². The zero-order valence-electron chi connectivity index (χ0n) is 12.6. The van der Waals surface area contributed by atoms with E-state index in [1.54, 1.807) is 0 Å². The average Bonchev–Trinajstić information content (AvgIpc) is 2.94. The van der Waals surface area contributed by atoms with Crippen molar-refractivity contribution in [2.75, 3.05) is 26.2 Å². The van der Waals surface area contributed by atoms with Gasteiger partial charge in [-0.15, -0.1) is 13.2 Å². The summed E-state index contributed by atoms with van der Waals surface area (Å²) >= 11 is 0. The largest absolute Gasteiger partial charge is 0.491 e. The van der Waals surface area contributed by atoms with Gasteiger partial charge >= 0.3 is 0 Å². The van der Waals surface area contributed by atoms with E-state index < -0.39 is 6.10 Å². The van der Waals surface area contributed by atoms with Crippen LogP contribution in [0.4, 0.5) is 0 Å².